The minimum absolute atomic E-state index is 0.0675. The van der Waals surface area contributed by atoms with Gasteiger partial charge in [0, 0.05) is 12.8 Å². The number of aromatic nitrogens is 2. The Bertz CT molecular complexity index is 1180. The number of nitrogens with one attached hydrogen (secondary N) is 2. The first-order valence-corrected chi connectivity index (χ1v) is 14.1. The molecule has 0 bridgehead atoms. The van der Waals surface area contributed by atoms with E-state index in [-0.39, 0.29) is 12.4 Å². The van der Waals surface area contributed by atoms with Gasteiger partial charge in [0.05, 0.1) is 6.61 Å². The molecule has 0 radical (unpaired) electrons. The molecular weight excluding hydrogens is 578 g/mol. The van der Waals surface area contributed by atoms with E-state index in [1.165, 1.54) is 0 Å². The van der Waals surface area contributed by atoms with Crippen LogP contribution in [0, 0.1) is 5.92 Å². The lowest BCUT2D eigenvalue weighted by Crippen LogP contribution is -2.49. The summed E-state index contributed by atoms with van der Waals surface area (Å²) in [5, 5.41) is 4.66. The fourth-order valence-electron chi connectivity index (χ4n) is 4.37. The zero-order valence-electron chi connectivity index (χ0n) is 25.1. The zero-order chi connectivity index (χ0) is 31.9. The summed E-state index contributed by atoms with van der Waals surface area (Å²) in [5.74, 6) is -5.37. The Morgan fingerprint density at radius 3 is 2.49 bits per heavy atom. The standard InChI is InChI=1S/C27H40F2N4O10/c1-7-38-24(36)31-17-11-12-33(23(35)30-17)22-27(28,29)20(42-18-10-8-9-13-39-18)16(41-22)14-40-21(34)19(15(2)3)32-25(37)43-26(4,5)6/h11-12,15-16,18-20,22H,7-10,13-14H2,1-6H3,(H,32,37)(H,30,31,35,36)/t16-,18?,19+,20-,22-/m1/s1. The van der Waals surface area contributed by atoms with Gasteiger partial charge >= 0.3 is 29.8 Å². The molecule has 43 heavy (non-hydrogen) atoms. The second-order valence-electron chi connectivity index (χ2n) is 11.4. The van der Waals surface area contributed by atoms with E-state index in [1.54, 1.807) is 41.5 Å². The smallest absolute Gasteiger partial charge is 0.412 e. The van der Waals surface area contributed by atoms with E-state index in [9.17, 15) is 19.2 Å². The Labute approximate surface area is 247 Å². The molecule has 2 fully saturated rings. The third-order valence-corrected chi connectivity index (χ3v) is 6.36. The second kappa shape index (κ2) is 14.4. The normalized spacial score (nSPS) is 24.2. The number of nitrogens with zero attached hydrogens (tertiary/aromatic N) is 2. The lowest BCUT2D eigenvalue weighted by Gasteiger charge is -2.30. The number of amides is 2. The summed E-state index contributed by atoms with van der Waals surface area (Å²) in [6.45, 7) is 9.56. The molecule has 5 atom stereocenters. The maximum Gasteiger partial charge on any atom is 0.412 e. The van der Waals surface area contributed by atoms with Gasteiger partial charge in [-0.2, -0.15) is 13.8 Å². The number of hydrogen-bond donors (Lipinski definition) is 2. The van der Waals surface area contributed by atoms with Crippen LogP contribution in [-0.4, -0.2) is 83.6 Å². The molecule has 0 spiro atoms. The van der Waals surface area contributed by atoms with Gasteiger partial charge in [0.1, 0.15) is 30.2 Å². The molecule has 2 saturated heterocycles. The molecule has 1 aromatic rings. The highest BCUT2D eigenvalue weighted by Crippen LogP contribution is 2.45. The predicted octanol–water partition coefficient (Wildman–Crippen LogP) is 3.35. The fourth-order valence-corrected chi connectivity index (χ4v) is 4.37. The van der Waals surface area contributed by atoms with Crippen LogP contribution in [0.2, 0.25) is 0 Å². The molecule has 2 aliphatic heterocycles. The van der Waals surface area contributed by atoms with Crippen molar-refractivity contribution in [2.24, 2.45) is 5.92 Å². The van der Waals surface area contributed by atoms with Crippen molar-refractivity contribution >= 4 is 24.0 Å². The predicted molar refractivity (Wildman–Crippen MR) is 145 cm³/mol. The van der Waals surface area contributed by atoms with Gasteiger partial charge in [-0.25, -0.2) is 19.2 Å². The van der Waals surface area contributed by atoms with Crippen LogP contribution in [0.1, 0.15) is 67.0 Å². The number of rotatable bonds is 10. The van der Waals surface area contributed by atoms with Gasteiger partial charge in [0.25, 0.3) is 0 Å². The summed E-state index contributed by atoms with van der Waals surface area (Å²) < 4.78 is 64.3. The molecule has 2 aliphatic rings. The summed E-state index contributed by atoms with van der Waals surface area (Å²) in [4.78, 5) is 53.3. The Balaban J connectivity index is 1.80. The maximum atomic E-state index is 15.9. The van der Waals surface area contributed by atoms with Crippen molar-refractivity contribution in [2.45, 2.75) is 103 Å². The van der Waals surface area contributed by atoms with Crippen LogP contribution >= 0.6 is 0 Å². The summed E-state index contributed by atoms with van der Waals surface area (Å²) in [6.07, 6.45) is -5.62. The van der Waals surface area contributed by atoms with E-state index in [4.69, 9.17) is 28.4 Å². The Morgan fingerprint density at radius 2 is 1.91 bits per heavy atom. The molecule has 14 nitrogen and oxygen atoms in total. The van der Waals surface area contributed by atoms with Crippen LogP contribution in [0.3, 0.4) is 0 Å². The number of alkyl carbamates (subject to hydrolysis) is 1. The monoisotopic (exact) mass is 618 g/mol. The van der Waals surface area contributed by atoms with Crippen LogP contribution in [0.25, 0.3) is 0 Å². The molecule has 0 aliphatic carbocycles. The Kier molecular flexibility index (Phi) is 11.4. The number of halogens is 2. The lowest BCUT2D eigenvalue weighted by atomic mass is 10.0. The summed E-state index contributed by atoms with van der Waals surface area (Å²) in [7, 11) is 0. The quantitative estimate of drug-likeness (QED) is 0.292. The summed E-state index contributed by atoms with van der Waals surface area (Å²) in [5.41, 5.74) is -1.97. The molecule has 2 amide bonds. The van der Waals surface area contributed by atoms with Crippen LogP contribution in [0.5, 0.6) is 0 Å². The summed E-state index contributed by atoms with van der Waals surface area (Å²) >= 11 is 0. The van der Waals surface area contributed by atoms with E-state index < -0.39 is 78.7 Å². The van der Waals surface area contributed by atoms with Crippen molar-refractivity contribution < 1.29 is 51.6 Å². The van der Waals surface area contributed by atoms with E-state index in [0.717, 1.165) is 18.7 Å². The minimum atomic E-state index is -3.81. The van der Waals surface area contributed by atoms with Crippen molar-refractivity contribution in [3.05, 3.63) is 22.7 Å². The molecule has 3 rings (SSSR count). The molecular formula is C27H40F2N4O10. The largest absolute Gasteiger partial charge is 0.461 e. The highest BCUT2D eigenvalue weighted by atomic mass is 19.3. The van der Waals surface area contributed by atoms with Gasteiger partial charge < -0.3 is 33.7 Å². The molecule has 1 aromatic heterocycles. The first kappa shape index (κ1) is 34.1. The number of esters is 1. The molecule has 3 heterocycles. The van der Waals surface area contributed by atoms with Crippen molar-refractivity contribution in [2.75, 3.05) is 25.1 Å². The molecule has 1 unspecified atom stereocenters. The fraction of sp³-hybridized carbons (Fsp3) is 0.741. The molecule has 242 valence electrons. The lowest BCUT2D eigenvalue weighted by molar-refractivity contribution is -0.239. The van der Waals surface area contributed by atoms with E-state index in [0.29, 0.717) is 24.0 Å². The van der Waals surface area contributed by atoms with Gasteiger partial charge in [-0.05, 0) is 58.9 Å². The van der Waals surface area contributed by atoms with Crippen LogP contribution in [-0.2, 0) is 33.2 Å². The molecule has 0 saturated carbocycles. The second-order valence-corrected chi connectivity index (χ2v) is 11.4. The summed E-state index contributed by atoms with van der Waals surface area (Å²) in [6, 6.07) is -0.0271. The maximum absolute atomic E-state index is 15.9. The number of alkyl halides is 2. The highest BCUT2D eigenvalue weighted by Gasteiger charge is 2.62. The van der Waals surface area contributed by atoms with Gasteiger partial charge in [0.2, 0.25) is 6.23 Å². The van der Waals surface area contributed by atoms with Crippen molar-refractivity contribution in [3.63, 3.8) is 0 Å². The van der Waals surface area contributed by atoms with Crippen molar-refractivity contribution in [1.29, 1.82) is 0 Å². The van der Waals surface area contributed by atoms with Gasteiger partial charge in [-0.1, -0.05) is 13.8 Å². The third-order valence-electron chi connectivity index (χ3n) is 6.36. The number of hydrogen-bond acceptors (Lipinski definition) is 11. The SMILES string of the molecule is CCOC(=O)Nc1ccn([C@@H]2O[C@H](COC(=O)[C@@H](NC(=O)OC(C)(C)C)C(C)C)[C@@H](OC3CCCCO3)C2(F)F)c(=O)n1. The average molecular weight is 619 g/mol. The van der Waals surface area contributed by atoms with Crippen molar-refractivity contribution in [1.82, 2.24) is 14.9 Å². The molecule has 16 heteroatoms. The average Bonchev–Trinajstić information content (AvgIpc) is 3.14. The van der Waals surface area contributed by atoms with Gasteiger partial charge in [-0.15, -0.1) is 0 Å². The molecule has 0 aromatic carbocycles. The van der Waals surface area contributed by atoms with Crippen molar-refractivity contribution in [3.8, 4) is 0 Å². The Hall–Kier alpha value is -3.37. The third kappa shape index (κ3) is 9.31. The van der Waals surface area contributed by atoms with Crippen LogP contribution < -0.4 is 16.3 Å². The van der Waals surface area contributed by atoms with Gasteiger partial charge in [0.15, 0.2) is 12.4 Å². The van der Waals surface area contributed by atoms with Crippen LogP contribution in [0.15, 0.2) is 17.1 Å². The van der Waals surface area contributed by atoms with E-state index in [1.807, 2.05) is 0 Å². The molecule has 2 N–H and O–H groups in total. The minimum Gasteiger partial charge on any atom is -0.461 e. The zero-order valence-corrected chi connectivity index (χ0v) is 25.1. The first-order chi connectivity index (χ1) is 20.1. The first-order valence-electron chi connectivity index (χ1n) is 14.1. The number of carbonyl (C=O) groups excluding carboxylic acids is 3. The van der Waals surface area contributed by atoms with Crippen LogP contribution in [0.4, 0.5) is 24.2 Å². The Morgan fingerprint density at radius 1 is 1.19 bits per heavy atom. The number of carbonyl (C=O) groups is 3. The number of ether oxygens (including phenoxy) is 6. The number of anilines is 1. The topological polar surface area (TPSA) is 166 Å². The van der Waals surface area contributed by atoms with Gasteiger partial charge in [-0.3, -0.25) is 9.88 Å². The highest BCUT2D eigenvalue weighted by molar-refractivity contribution is 5.83. The van der Waals surface area contributed by atoms with E-state index in [2.05, 4.69) is 15.6 Å². The van der Waals surface area contributed by atoms with E-state index >= 15 is 8.78 Å².